The van der Waals surface area contributed by atoms with Crippen molar-refractivity contribution in [2.24, 2.45) is 5.84 Å². The summed E-state index contributed by atoms with van der Waals surface area (Å²) >= 11 is 5.98. The van der Waals surface area contributed by atoms with E-state index in [4.69, 9.17) is 22.2 Å². The number of aromatic nitrogens is 2. The monoisotopic (exact) mass is 300 g/mol. The Hall–Kier alpha value is -2.37. The second-order valence-corrected chi connectivity index (χ2v) is 4.84. The van der Waals surface area contributed by atoms with Crippen LogP contribution in [0.15, 0.2) is 42.5 Å². The molecular formula is C15H13ClN4O. The molecule has 3 aromatic rings. The van der Waals surface area contributed by atoms with Crippen molar-refractivity contribution in [1.82, 2.24) is 9.97 Å². The van der Waals surface area contributed by atoms with E-state index in [1.165, 1.54) is 0 Å². The number of fused-ring (bicyclic) bond motifs is 1. The molecule has 0 radical (unpaired) electrons. The first-order chi connectivity index (χ1) is 10.2. The minimum absolute atomic E-state index is 0.523. The Labute approximate surface area is 126 Å². The molecule has 106 valence electrons. The summed E-state index contributed by atoms with van der Waals surface area (Å²) in [5.74, 6) is 7.26. The molecule has 0 spiro atoms. The van der Waals surface area contributed by atoms with E-state index >= 15 is 0 Å². The molecule has 1 heterocycles. The number of rotatable bonds is 3. The van der Waals surface area contributed by atoms with Gasteiger partial charge in [-0.2, -0.15) is 0 Å². The number of hydrogen-bond acceptors (Lipinski definition) is 5. The minimum atomic E-state index is 0.523. The van der Waals surface area contributed by atoms with Crippen LogP contribution >= 0.6 is 11.6 Å². The highest BCUT2D eigenvalue weighted by atomic mass is 35.5. The van der Waals surface area contributed by atoms with Gasteiger partial charge in [-0.15, -0.1) is 0 Å². The highest BCUT2D eigenvalue weighted by Crippen LogP contribution is 2.32. The van der Waals surface area contributed by atoms with Crippen molar-refractivity contribution in [3.63, 3.8) is 0 Å². The molecule has 0 unspecified atom stereocenters. The summed E-state index contributed by atoms with van der Waals surface area (Å²) in [7, 11) is 1.58. The summed E-state index contributed by atoms with van der Waals surface area (Å²) < 4.78 is 5.35. The van der Waals surface area contributed by atoms with Crippen LogP contribution in [0.1, 0.15) is 0 Å². The number of hydrazine groups is 1. The Bertz CT molecular complexity index is 807. The number of anilines is 1. The van der Waals surface area contributed by atoms with Gasteiger partial charge in [-0.1, -0.05) is 23.7 Å². The average Bonchev–Trinajstić information content (AvgIpc) is 2.53. The van der Waals surface area contributed by atoms with Crippen LogP contribution in [0.5, 0.6) is 5.75 Å². The van der Waals surface area contributed by atoms with Gasteiger partial charge in [0.05, 0.1) is 18.2 Å². The van der Waals surface area contributed by atoms with Gasteiger partial charge >= 0.3 is 0 Å². The molecule has 5 nitrogen and oxygen atoms in total. The first kappa shape index (κ1) is 13.6. The fourth-order valence-electron chi connectivity index (χ4n) is 2.16. The minimum Gasteiger partial charge on any atom is -0.496 e. The van der Waals surface area contributed by atoms with Gasteiger partial charge in [-0.25, -0.2) is 15.8 Å². The van der Waals surface area contributed by atoms with E-state index in [1.807, 2.05) is 30.3 Å². The summed E-state index contributed by atoms with van der Waals surface area (Å²) in [6.07, 6.45) is 0. The van der Waals surface area contributed by atoms with E-state index in [0.717, 1.165) is 16.5 Å². The lowest BCUT2D eigenvalue weighted by Crippen LogP contribution is -2.10. The Morgan fingerprint density at radius 1 is 1.14 bits per heavy atom. The first-order valence-electron chi connectivity index (χ1n) is 6.30. The number of nitrogens with zero attached hydrogens (tertiary/aromatic N) is 2. The lowest BCUT2D eigenvalue weighted by atomic mass is 10.1. The van der Waals surface area contributed by atoms with Crippen LogP contribution in [-0.2, 0) is 0 Å². The van der Waals surface area contributed by atoms with E-state index in [0.29, 0.717) is 22.4 Å². The molecule has 0 aliphatic rings. The van der Waals surface area contributed by atoms with Crippen LogP contribution in [0, 0.1) is 0 Å². The predicted molar refractivity (Wildman–Crippen MR) is 84.3 cm³/mol. The Balaban J connectivity index is 2.26. The standard InChI is InChI=1S/C15H13ClN4O/c1-21-13-8-9(16)6-7-11(13)14-18-12-5-3-2-4-10(12)15(19-14)20-17/h2-8H,17H2,1H3,(H,18,19,20). The highest BCUT2D eigenvalue weighted by Gasteiger charge is 2.13. The third-order valence-corrected chi connectivity index (χ3v) is 3.38. The molecule has 2 aromatic carbocycles. The van der Waals surface area contributed by atoms with Crippen molar-refractivity contribution in [3.05, 3.63) is 47.5 Å². The molecule has 0 aliphatic heterocycles. The number of para-hydroxylation sites is 1. The molecule has 21 heavy (non-hydrogen) atoms. The maximum Gasteiger partial charge on any atom is 0.165 e. The zero-order valence-electron chi connectivity index (χ0n) is 11.3. The molecule has 0 aliphatic carbocycles. The molecule has 0 saturated carbocycles. The van der Waals surface area contributed by atoms with Gasteiger partial charge in [0.15, 0.2) is 11.6 Å². The Morgan fingerprint density at radius 3 is 2.71 bits per heavy atom. The lowest BCUT2D eigenvalue weighted by Gasteiger charge is -2.11. The highest BCUT2D eigenvalue weighted by molar-refractivity contribution is 6.30. The molecule has 0 atom stereocenters. The predicted octanol–water partition coefficient (Wildman–Crippen LogP) is 3.24. The fraction of sp³-hybridized carbons (Fsp3) is 0.0667. The van der Waals surface area contributed by atoms with Crippen LogP contribution in [0.2, 0.25) is 5.02 Å². The molecule has 1 aromatic heterocycles. The summed E-state index contributed by atoms with van der Waals surface area (Å²) in [6.45, 7) is 0. The summed E-state index contributed by atoms with van der Waals surface area (Å²) in [4.78, 5) is 9.02. The molecule has 0 bridgehead atoms. The number of halogens is 1. The smallest absolute Gasteiger partial charge is 0.165 e. The van der Waals surface area contributed by atoms with Crippen molar-refractivity contribution in [1.29, 1.82) is 0 Å². The Kier molecular flexibility index (Phi) is 3.60. The van der Waals surface area contributed by atoms with Gasteiger partial charge in [-0.05, 0) is 30.3 Å². The van der Waals surface area contributed by atoms with Gasteiger partial charge in [0.1, 0.15) is 5.75 Å². The van der Waals surface area contributed by atoms with E-state index in [-0.39, 0.29) is 0 Å². The van der Waals surface area contributed by atoms with Gasteiger partial charge in [-0.3, -0.25) is 0 Å². The normalized spacial score (nSPS) is 10.6. The van der Waals surface area contributed by atoms with Crippen molar-refractivity contribution >= 4 is 28.3 Å². The maximum absolute atomic E-state index is 5.98. The topological polar surface area (TPSA) is 73.1 Å². The van der Waals surface area contributed by atoms with Gasteiger partial charge in [0, 0.05) is 10.4 Å². The number of hydrogen-bond donors (Lipinski definition) is 2. The van der Waals surface area contributed by atoms with Gasteiger partial charge in [0.25, 0.3) is 0 Å². The van der Waals surface area contributed by atoms with E-state index in [2.05, 4.69) is 15.4 Å². The number of nitrogens with two attached hydrogens (primary N) is 1. The number of benzene rings is 2. The number of methoxy groups -OCH3 is 1. The zero-order valence-corrected chi connectivity index (χ0v) is 12.1. The maximum atomic E-state index is 5.98. The molecule has 3 rings (SSSR count). The van der Waals surface area contributed by atoms with Crippen LogP contribution in [0.25, 0.3) is 22.3 Å². The van der Waals surface area contributed by atoms with Crippen molar-refractivity contribution < 1.29 is 4.74 Å². The molecule has 3 N–H and O–H groups in total. The van der Waals surface area contributed by atoms with Crippen molar-refractivity contribution in [2.75, 3.05) is 12.5 Å². The van der Waals surface area contributed by atoms with Crippen molar-refractivity contribution in [3.8, 4) is 17.1 Å². The number of nitrogens with one attached hydrogen (secondary N) is 1. The van der Waals surface area contributed by atoms with Crippen LogP contribution in [0.3, 0.4) is 0 Å². The molecule has 0 fully saturated rings. The third kappa shape index (κ3) is 2.49. The van der Waals surface area contributed by atoms with E-state index in [1.54, 1.807) is 19.2 Å². The fourth-order valence-corrected chi connectivity index (χ4v) is 2.32. The van der Waals surface area contributed by atoms with Crippen LogP contribution in [0.4, 0.5) is 5.82 Å². The van der Waals surface area contributed by atoms with Gasteiger partial charge in [0.2, 0.25) is 0 Å². The molecule has 6 heteroatoms. The lowest BCUT2D eigenvalue weighted by molar-refractivity contribution is 0.416. The molecule has 0 amide bonds. The number of nitrogen functional groups attached to an aromatic ring is 1. The SMILES string of the molecule is COc1cc(Cl)ccc1-c1nc(NN)c2ccccc2n1. The molecular weight excluding hydrogens is 288 g/mol. The van der Waals surface area contributed by atoms with Crippen molar-refractivity contribution in [2.45, 2.75) is 0 Å². The second kappa shape index (κ2) is 5.55. The van der Waals surface area contributed by atoms with E-state index in [9.17, 15) is 0 Å². The van der Waals surface area contributed by atoms with Crippen LogP contribution in [-0.4, -0.2) is 17.1 Å². The number of ether oxygens (including phenoxy) is 1. The van der Waals surface area contributed by atoms with Gasteiger partial charge < -0.3 is 10.2 Å². The largest absolute Gasteiger partial charge is 0.496 e. The third-order valence-electron chi connectivity index (χ3n) is 3.14. The second-order valence-electron chi connectivity index (χ2n) is 4.40. The summed E-state index contributed by atoms with van der Waals surface area (Å²) in [6, 6.07) is 13.0. The quantitative estimate of drug-likeness (QED) is 0.574. The average molecular weight is 301 g/mol. The van der Waals surface area contributed by atoms with E-state index < -0.39 is 0 Å². The Morgan fingerprint density at radius 2 is 1.95 bits per heavy atom. The first-order valence-corrected chi connectivity index (χ1v) is 6.68. The summed E-state index contributed by atoms with van der Waals surface area (Å²) in [5, 5.41) is 1.45. The zero-order chi connectivity index (χ0) is 14.8. The molecule has 0 saturated heterocycles. The summed E-state index contributed by atoms with van der Waals surface area (Å²) in [5.41, 5.74) is 4.16. The van der Waals surface area contributed by atoms with Crippen LogP contribution < -0.4 is 16.0 Å².